The molecule has 2 N–H and O–H groups in total. The summed E-state index contributed by atoms with van der Waals surface area (Å²) in [6, 6.07) is 5.03. The maximum atomic E-state index is 12.8. The Morgan fingerprint density at radius 3 is 2.38 bits per heavy atom. The van der Waals surface area contributed by atoms with Crippen molar-refractivity contribution in [3.8, 4) is 0 Å². The van der Waals surface area contributed by atoms with Crippen LogP contribution in [0.1, 0.15) is 17.2 Å². The van der Waals surface area contributed by atoms with Crippen molar-refractivity contribution in [3.05, 3.63) is 42.0 Å². The molecule has 0 saturated carbocycles. The predicted octanol–water partition coefficient (Wildman–Crippen LogP) is 2.77. The van der Waals surface area contributed by atoms with E-state index in [1.54, 1.807) is 29.6 Å². The number of aliphatic hydroxyl groups excluding tert-OH is 1. The van der Waals surface area contributed by atoms with E-state index in [0.717, 1.165) is 10.5 Å². The van der Waals surface area contributed by atoms with Gasteiger partial charge in [0, 0.05) is 4.91 Å². The number of rotatable bonds is 7. The Morgan fingerprint density at radius 2 is 1.95 bits per heavy atom. The van der Waals surface area contributed by atoms with Crippen LogP contribution >= 0.6 is 11.8 Å². The Kier molecular flexibility index (Phi) is 6.77. The monoisotopic (exact) mass is 319 g/mol. The Labute approximate surface area is 125 Å². The van der Waals surface area contributed by atoms with Gasteiger partial charge < -0.3 is 10.4 Å². The van der Waals surface area contributed by atoms with Gasteiger partial charge in [-0.15, -0.1) is 11.8 Å². The number of hydrogen-bond acceptors (Lipinski definition) is 3. The van der Waals surface area contributed by atoms with Crippen molar-refractivity contribution in [1.29, 1.82) is 0 Å². The van der Waals surface area contributed by atoms with E-state index in [2.05, 4.69) is 6.58 Å². The first kappa shape index (κ1) is 17.6. The fourth-order valence-electron chi connectivity index (χ4n) is 1.66. The van der Waals surface area contributed by atoms with Crippen LogP contribution in [0.5, 0.6) is 0 Å². The predicted molar refractivity (Wildman–Crippen MR) is 77.9 cm³/mol. The van der Waals surface area contributed by atoms with Crippen LogP contribution < -0.4 is 5.32 Å². The molecular formula is C14H16F3NO2S. The number of thioether (sulfide) groups is 1. The fourth-order valence-corrected chi connectivity index (χ4v) is 2.04. The molecule has 0 aliphatic rings. The highest BCUT2D eigenvalue weighted by Gasteiger charge is 2.26. The van der Waals surface area contributed by atoms with Crippen LogP contribution in [0.3, 0.4) is 0 Å². The number of benzene rings is 1. The molecule has 0 aliphatic heterocycles. The van der Waals surface area contributed by atoms with E-state index in [1.807, 2.05) is 6.26 Å². The Morgan fingerprint density at radius 1 is 1.38 bits per heavy atom. The molecule has 1 aromatic carbocycles. The van der Waals surface area contributed by atoms with Gasteiger partial charge in [0.1, 0.15) is 12.8 Å². The van der Waals surface area contributed by atoms with Gasteiger partial charge in [-0.25, -0.2) is 4.39 Å². The largest absolute Gasteiger partial charge is 0.386 e. The molecular weight excluding hydrogens is 303 g/mol. The first-order valence-corrected chi connectivity index (χ1v) is 7.29. The van der Waals surface area contributed by atoms with Gasteiger partial charge in [0.2, 0.25) is 0 Å². The van der Waals surface area contributed by atoms with Crippen molar-refractivity contribution in [1.82, 2.24) is 5.32 Å². The van der Waals surface area contributed by atoms with E-state index in [1.165, 1.54) is 11.8 Å². The lowest BCUT2D eigenvalue weighted by Gasteiger charge is -2.22. The molecule has 2 atom stereocenters. The molecule has 0 radical (unpaired) electrons. The number of alkyl halides is 3. The van der Waals surface area contributed by atoms with E-state index in [-0.39, 0.29) is 0 Å². The van der Waals surface area contributed by atoms with E-state index in [9.17, 15) is 23.1 Å². The number of aliphatic hydroxyl groups is 1. The molecule has 2 unspecified atom stereocenters. The first-order valence-electron chi connectivity index (χ1n) is 6.06. The van der Waals surface area contributed by atoms with E-state index < -0.39 is 31.2 Å². The summed E-state index contributed by atoms with van der Waals surface area (Å²) in [6.07, 6.45) is -2.79. The van der Waals surface area contributed by atoms with Gasteiger partial charge in [0.25, 0.3) is 5.91 Å². The lowest BCUT2D eigenvalue weighted by Crippen LogP contribution is -2.43. The summed E-state index contributed by atoms with van der Waals surface area (Å²) < 4.78 is 37.1. The van der Waals surface area contributed by atoms with Crippen molar-refractivity contribution in [2.75, 3.05) is 12.9 Å². The molecule has 0 aromatic heterocycles. The molecule has 0 heterocycles. The van der Waals surface area contributed by atoms with Crippen molar-refractivity contribution < 1.29 is 23.1 Å². The second-order valence-electron chi connectivity index (χ2n) is 4.26. The second kappa shape index (κ2) is 8.09. The zero-order valence-electron chi connectivity index (χ0n) is 11.4. The molecule has 0 aliphatic carbocycles. The Bertz CT molecular complexity index is 493. The number of carbonyl (C=O) groups excluding carboxylic acids is 1. The average Bonchev–Trinajstić information content (AvgIpc) is 2.50. The van der Waals surface area contributed by atoms with E-state index in [4.69, 9.17) is 0 Å². The topological polar surface area (TPSA) is 49.3 Å². The Balaban J connectivity index is 2.82. The van der Waals surface area contributed by atoms with Gasteiger partial charge in [-0.1, -0.05) is 30.8 Å². The molecule has 7 heteroatoms. The maximum absolute atomic E-state index is 12.8. The van der Waals surface area contributed by atoms with Crippen LogP contribution in [0.4, 0.5) is 13.2 Å². The highest BCUT2D eigenvalue weighted by molar-refractivity contribution is 8.07. The third kappa shape index (κ3) is 4.78. The lowest BCUT2D eigenvalue weighted by atomic mass is 10.0. The number of amides is 1. The first-order chi connectivity index (χ1) is 9.90. The van der Waals surface area contributed by atoms with Gasteiger partial charge in [-0.3, -0.25) is 4.79 Å². The summed E-state index contributed by atoms with van der Waals surface area (Å²) in [6.45, 7) is 2.67. The number of halogens is 3. The average molecular weight is 319 g/mol. The molecule has 0 spiro atoms. The summed E-state index contributed by atoms with van der Waals surface area (Å²) in [5, 5.41) is 11.7. The minimum atomic E-state index is -3.25. The minimum Gasteiger partial charge on any atom is -0.386 e. The number of nitrogens with one attached hydrogen (secondary N) is 1. The van der Waals surface area contributed by atoms with Crippen LogP contribution in [0.2, 0.25) is 0 Å². The van der Waals surface area contributed by atoms with E-state index >= 15 is 0 Å². The third-order valence-corrected chi connectivity index (χ3v) is 3.62. The molecule has 1 rings (SSSR count). The van der Waals surface area contributed by atoms with E-state index in [0.29, 0.717) is 5.56 Å². The van der Waals surface area contributed by atoms with Crippen molar-refractivity contribution >= 4 is 22.6 Å². The molecule has 21 heavy (non-hydrogen) atoms. The molecule has 0 bridgehead atoms. The molecule has 3 nitrogen and oxygen atoms in total. The van der Waals surface area contributed by atoms with Gasteiger partial charge >= 0.3 is 6.43 Å². The van der Waals surface area contributed by atoms with Crippen LogP contribution in [0, 0.1) is 0 Å². The zero-order chi connectivity index (χ0) is 16.0. The zero-order valence-corrected chi connectivity index (χ0v) is 12.2. The molecule has 0 saturated heterocycles. The standard InChI is InChI=1S/C14H16F3NO2S/c1-8(21-2)9-3-5-10(6-4-9)12(19)11(7-15)18-14(20)13(16)17/h3-6,11-13,19H,1,7H2,2H3,(H,18,20). The van der Waals surface area contributed by atoms with Crippen molar-refractivity contribution in [3.63, 3.8) is 0 Å². The van der Waals surface area contributed by atoms with Crippen molar-refractivity contribution in [2.45, 2.75) is 18.6 Å². The van der Waals surface area contributed by atoms with Gasteiger partial charge in [-0.2, -0.15) is 8.78 Å². The van der Waals surface area contributed by atoms with Gasteiger partial charge in [0.15, 0.2) is 0 Å². The summed E-state index contributed by atoms with van der Waals surface area (Å²) in [4.78, 5) is 11.7. The van der Waals surface area contributed by atoms with Gasteiger partial charge in [-0.05, 0) is 17.4 Å². The summed E-state index contributed by atoms with van der Waals surface area (Å²) >= 11 is 1.46. The molecule has 116 valence electrons. The molecule has 1 amide bonds. The van der Waals surface area contributed by atoms with Crippen LogP contribution in [-0.4, -0.2) is 36.4 Å². The normalized spacial score (nSPS) is 13.8. The highest BCUT2D eigenvalue weighted by atomic mass is 32.2. The highest BCUT2D eigenvalue weighted by Crippen LogP contribution is 2.25. The van der Waals surface area contributed by atoms with Crippen molar-refractivity contribution in [2.24, 2.45) is 0 Å². The van der Waals surface area contributed by atoms with Crippen LogP contribution in [0.25, 0.3) is 4.91 Å². The summed E-state index contributed by atoms with van der Waals surface area (Å²) in [7, 11) is 0. The quantitative estimate of drug-likeness (QED) is 0.812. The SMILES string of the molecule is C=C(SC)c1ccc(C(O)C(CF)NC(=O)C(F)F)cc1. The molecule has 1 aromatic rings. The van der Waals surface area contributed by atoms with Crippen LogP contribution in [0.15, 0.2) is 30.8 Å². The number of carbonyl (C=O) groups is 1. The minimum absolute atomic E-state index is 0.324. The van der Waals surface area contributed by atoms with Crippen LogP contribution in [-0.2, 0) is 4.79 Å². The second-order valence-corrected chi connectivity index (χ2v) is 5.17. The Hall–Kier alpha value is -1.47. The maximum Gasteiger partial charge on any atom is 0.315 e. The summed E-state index contributed by atoms with van der Waals surface area (Å²) in [5.41, 5.74) is 1.16. The lowest BCUT2D eigenvalue weighted by molar-refractivity contribution is -0.133. The number of hydrogen-bond donors (Lipinski definition) is 2. The summed E-state index contributed by atoms with van der Waals surface area (Å²) in [5.74, 6) is -1.61. The van der Waals surface area contributed by atoms with Gasteiger partial charge in [0.05, 0.1) is 6.04 Å². The fraction of sp³-hybridized carbons (Fsp3) is 0.357. The molecule has 0 fully saturated rings. The third-order valence-electron chi connectivity index (χ3n) is 2.89. The smallest absolute Gasteiger partial charge is 0.315 e.